The summed E-state index contributed by atoms with van der Waals surface area (Å²) >= 11 is 0. The van der Waals surface area contributed by atoms with Crippen LogP contribution in [0.15, 0.2) is 84.9 Å². The van der Waals surface area contributed by atoms with E-state index in [0.29, 0.717) is 34.5 Å². The van der Waals surface area contributed by atoms with Gasteiger partial charge in [-0.25, -0.2) is 0 Å². The summed E-state index contributed by atoms with van der Waals surface area (Å²) < 4.78 is 29.8. The number of ether oxygens (including phenoxy) is 5. The maximum absolute atomic E-state index is 6.45. The summed E-state index contributed by atoms with van der Waals surface area (Å²) in [6.07, 6.45) is 0. The average Bonchev–Trinajstić information content (AvgIpc) is 2.91. The molecule has 0 amide bonds. The van der Waals surface area contributed by atoms with Crippen LogP contribution >= 0.6 is 0 Å². The lowest BCUT2D eigenvalue weighted by atomic mass is 9.62. The molecule has 0 fully saturated rings. The fraction of sp³-hybridized carbons (Fsp3) is 0.172. The smallest absolute Gasteiger partial charge is 0.135 e. The highest BCUT2D eigenvalue weighted by Gasteiger charge is 2.50. The number of hydrogen-bond acceptors (Lipinski definition) is 5. The lowest BCUT2D eigenvalue weighted by molar-refractivity contribution is 0.357. The molecule has 1 aliphatic heterocycles. The predicted molar refractivity (Wildman–Crippen MR) is 131 cm³/mol. The summed E-state index contributed by atoms with van der Waals surface area (Å²) in [7, 11) is 6.66. The molecule has 0 saturated carbocycles. The van der Waals surface area contributed by atoms with Crippen LogP contribution in [0.3, 0.4) is 0 Å². The summed E-state index contributed by atoms with van der Waals surface area (Å²) in [6, 6.07) is 27.9. The predicted octanol–water partition coefficient (Wildman–Crippen LogP) is 6.21. The van der Waals surface area contributed by atoms with E-state index in [1.54, 1.807) is 28.4 Å². The van der Waals surface area contributed by atoms with Gasteiger partial charge in [-0.3, -0.25) is 0 Å². The minimum absolute atomic E-state index is 0.679. The van der Waals surface area contributed by atoms with Gasteiger partial charge < -0.3 is 23.7 Å². The molecule has 0 aromatic heterocycles. The van der Waals surface area contributed by atoms with Crippen molar-refractivity contribution in [3.63, 3.8) is 0 Å². The van der Waals surface area contributed by atoms with Gasteiger partial charge in [-0.2, -0.15) is 0 Å². The second-order valence-corrected chi connectivity index (χ2v) is 7.95. The van der Waals surface area contributed by atoms with E-state index in [0.717, 1.165) is 22.3 Å². The fourth-order valence-electron chi connectivity index (χ4n) is 5.02. The fourth-order valence-corrected chi connectivity index (χ4v) is 5.02. The van der Waals surface area contributed by atoms with E-state index in [1.807, 2.05) is 72.8 Å². The molecular formula is C29H26O5. The molecule has 0 radical (unpaired) electrons. The van der Waals surface area contributed by atoms with Crippen LogP contribution in [0.4, 0.5) is 0 Å². The van der Waals surface area contributed by atoms with Gasteiger partial charge in [0, 0.05) is 11.6 Å². The molecule has 4 aromatic carbocycles. The number of fused-ring (bicyclic) bond motifs is 2. The van der Waals surface area contributed by atoms with Crippen LogP contribution in [0.5, 0.6) is 34.5 Å². The normalized spacial score (nSPS) is 13.2. The van der Waals surface area contributed by atoms with Crippen molar-refractivity contribution >= 4 is 0 Å². The van der Waals surface area contributed by atoms with Gasteiger partial charge in [-0.15, -0.1) is 0 Å². The van der Waals surface area contributed by atoms with Gasteiger partial charge in [0.2, 0.25) is 0 Å². The molecule has 0 spiro atoms. The topological polar surface area (TPSA) is 46.2 Å². The third kappa shape index (κ3) is 3.08. The molecule has 0 unspecified atom stereocenters. The monoisotopic (exact) mass is 454 g/mol. The second-order valence-electron chi connectivity index (χ2n) is 7.95. The maximum atomic E-state index is 6.45. The van der Waals surface area contributed by atoms with E-state index < -0.39 is 5.41 Å². The Morgan fingerprint density at radius 3 is 1.68 bits per heavy atom. The molecule has 0 aliphatic carbocycles. The van der Waals surface area contributed by atoms with Crippen LogP contribution in [0.1, 0.15) is 22.3 Å². The van der Waals surface area contributed by atoms with E-state index in [9.17, 15) is 0 Å². The molecule has 4 aromatic rings. The lowest BCUT2D eigenvalue weighted by Crippen LogP contribution is -2.35. The zero-order valence-electron chi connectivity index (χ0n) is 19.6. The number of hydrogen-bond donors (Lipinski definition) is 0. The first kappa shape index (κ1) is 21.7. The first-order valence-electron chi connectivity index (χ1n) is 11.0. The van der Waals surface area contributed by atoms with Crippen molar-refractivity contribution in [1.29, 1.82) is 0 Å². The summed E-state index contributed by atoms with van der Waals surface area (Å²) in [4.78, 5) is 0. The Morgan fingerprint density at radius 2 is 1.15 bits per heavy atom. The molecule has 0 saturated heterocycles. The van der Waals surface area contributed by atoms with Crippen molar-refractivity contribution in [1.82, 2.24) is 0 Å². The zero-order valence-corrected chi connectivity index (χ0v) is 19.6. The Bertz CT molecular complexity index is 1280. The lowest BCUT2D eigenvalue weighted by Gasteiger charge is -2.43. The van der Waals surface area contributed by atoms with Gasteiger partial charge >= 0.3 is 0 Å². The van der Waals surface area contributed by atoms with Gasteiger partial charge in [0.25, 0.3) is 0 Å². The van der Waals surface area contributed by atoms with Gasteiger partial charge in [0.05, 0.1) is 45.0 Å². The van der Waals surface area contributed by atoms with Crippen LogP contribution in [0.2, 0.25) is 0 Å². The van der Waals surface area contributed by atoms with E-state index in [1.165, 1.54) is 0 Å². The van der Waals surface area contributed by atoms with Crippen molar-refractivity contribution in [2.24, 2.45) is 0 Å². The number of benzene rings is 4. The minimum Gasteiger partial charge on any atom is -0.497 e. The van der Waals surface area contributed by atoms with E-state index in [-0.39, 0.29) is 0 Å². The number of methoxy groups -OCH3 is 4. The highest BCUT2D eigenvalue weighted by Crippen LogP contribution is 2.61. The molecule has 0 atom stereocenters. The quantitative estimate of drug-likeness (QED) is 0.305. The van der Waals surface area contributed by atoms with Gasteiger partial charge in [-0.1, -0.05) is 48.5 Å². The molecular weight excluding hydrogens is 428 g/mol. The third-order valence-corrected chi connectivity index (χ3v) is 6.41. The Hall–Kier alpha value is -4.12. The van der Waals surface area contributed by atoms with Crippen molar-refractivity contribution in [2.45, 2.75) is 5.41 Å². The molecule has 1 aliphatic rings. The minimum atomic E-state index is -0.860. The van der Waals surface area contributed by atoms with Gasteiger partial charge in [0.1, 0.15) is 34.5 Å². The Balaban J connectivity index is 2.04. The second kappa shape index (κ2) is 8.67. The zero-order chi connectivity index (χ0) is 23.7. The molecule has 172 valence electrons. The Kier molecular flexibility index (Phi) is 5.54. The highest BCUT2D eigenvalue weighted by atomic mass is 16.5. The third-order valence-electron chi connectivity index (χ3n) is 6.41. The van der Waals surface area contributed by atoms with Gasteiger partial charge in [-0.05, 0) is 35.9 Å². The highest BCUT2D eigenvalue weighted by molar-refractivity contribution is 5.76. The molecule has 1 heterocycles. The maximum Gasteiger partial charge on any atom is 0.135 e. The van der Waals surface area contributed by atoms with Crippen LogP contribution in [-0.2, 0) is 5.41 Å². The van der Waals surface area contributed by atoms with E-state index in [2.05, 4.69) is 12.1 Å². The first-order chi connectivity index (χ1) is 16.7. The Labute approximate surface area is 199 Å². The van der Waals surface area contributed by atoms with E-state index in [4.69, 9.17) is 23.7 Å². The van der Waals surface area contributed by atoms with Crippen molar-refractivity contribution in [2.75, 3.05) is 28.4 Å². The van der Waals surface area contributed by atoms with Crippen LogP contribution < -0.4 is 23.7 Å². The molecule has 0 N–H and O–H groups in total. The average molecular weight is 455 g/mol. The first-order valence-corrected chi connectivity index (χ1v) is 11.0. The molecule has 5 rings (SSSR count). The van der Waals surface area contributed by atoms with E-state index >= 15 is 0 Å². The summed E-state index contributed by atoms with van der Waals surface area (Å²) in [5.41, 5.74) is 2.84. The van der Waals surface area contributed by atoms with Crippen molar-refractivity contribution < 1.29 is 23.7 Å². The molecule has 0 bridgehead atoms. The van der Waals surface area contributed by atoms with Crippen LogP contribution in [0, 0.1) is 0 Å². The molecule has 5 heteroatoms. The van der Waals surface area contributed by atoms with Gasteiger partial charge in [0.15, 0.2) is 0 Å². The van der Waals surface area contributed by atoms with Crippen LogP contribution in [-0.4, -0.2) is 28.4 Å². The van der Waals surface area contributed by atoms with Crippen LogP contribution in [0.25, 0.3) is 0 Å². The molecule has 34 heavy (non-hydrogen) atoms. The van der Waals surface area contributed by atoms with Crippen molar-refractivity contribution in [3.8, 4) is 34.5 Å². The standard InChI is InChI=1S/C29H26O5/c1-30-20-16-17-21(26(18-20)33-4)29(19-10-6-5-7-11-19)27-22(31-2)12-8-14-24(27)34-25-15-9-13-23(32-3)28(25)29/h5-18H,1-4H3. The summed E-state index contributed by atoms with van der Waals surface area (Å²) in [5, 5.41) is 0. The summed E-state index contributed by atoms with van der Waals surface area (Å²) in [6.45, 7) is 0. The number of rotatable bonds is 6. The Morgan fingerprint density at radius 1 is 0.559 bits per heavy atom. The molecule has 5 nitrogen and oxygen atoms in total. The SMILES string of the molecule is COc1ccc(C2(c3ccccc3)c3c(OC)cccc3Oc3cccc(OC)c32)c(OC)c1. The largest absolute Gasteiger partial charge is 0.497 e. The summed E-state index contributed by atoms with van der Waals surface area (Å²) in [5.74, 6) is 4.21. The van der Waals surface area contributed by atoms with Crippen molar-refractivity contribution in [3.05, 3.63) is 107 Å².